The van der Waals surface area contributed by atoms with E-state index in [9.17, 15) is 9.18 Å². The number of benzene rings is 1. The van der Waals surface area contributed by atoms with Gasteiger partial charge in [0.2, 0.25) is 5.91 Å². The third-order valence-corrected chi connectivity index (χ3v) is 7.64. The molecule has 1 fully saturated rings. The first-order valence-corrected chi connectivity index (χ1v) is 11.4. The van der Waals surface area contributed by atoms with Gasteiger partial charge >= 0.3 is 0 Å². The molecule has 5 rings (SSSR count). The second-order valence-corrected chi connectivity index (χ2v) is 9.47. The first-order chi connectivity index (χ1) is 14.5. The molecule has 3 aromatic rings. The van der Waals surface area contributed by atoms with E-state index >= 15 is 0 Å². The lowest BCUT2D eigenvalue weighted by atomic mass is 9.92. The number of aryl methyl sites for hydroxylation is 3. The van der Waals surface area contributed by atoms with Crippen LogP contribution >= 0.6 is 11.3 Å². The Kier molecular flexibility index (Phi) is 4.93. The number of rotatable bonds is 2. The molecule has 1 amide bonds. The molecular formula is C23H25FN4OS. The van der Waals surface area contributed by atoms with Crippen molar-refractivity contribution in [1.29, 1.82) is 0 Å². The summed E-state index contributed by atoms with van der Waals surface area (Å²) < 4.78 is 14.5. The third-order valence-electron chi connectivity index (χ3n) is 6.52. The molecule has 0 aliphatic carbocycles. The number of para-hydroxylation sites is 1. The monoisotopic (exact) mass is 424 g/mol. The van der Waals surface area contributed by atoms with Gasteiger partial charge in [0.15, 0.2) is 0 Å². The van der Waals surface area contributed by atoms with Crippen LogP contribution in [0.25, 0.3) is 10.2 Å². The first-order valence-electron chi connectivity index (χ1n) is 10.6. The Labute approximate surface area is 179 Å². The normalized spacial score (nSPS) is 17.4. The fourth-order valence-corrected chi connectivity index (χ4v) is 5.78. The zero-order valence-electron chi connectivity index (χ0n) is 17.3. The summed E-state index contributed by atoms with van der Waals surface area (Å²) in [6, 6.07) is 5.13. The second kappa shape index (κ2) is 7.61. The van der Waals surface area contributed by atoms with E-state index in [0.717, 1.165) is 60.4 Å². The lowest BCUT2D eigenvalue weighted by Crippen LogP contribution is -2.45. The molecule has 2 aliphatic rings. The summed E-state index contributed by atoms with van der Waals surface area (Å²) in [5.74, 6) is 0.678. The van der Waals surface area contributed by atoms with E-state index in [-0.39, 0.29) is 17.6 Å². The van der Waals surface area contributed by atoms with Gasteiger partial charge in [0.05, 0.1) is 11.1 Å². The van der Waals surface area contributed by atoms with Crippen LogP contribution in [0.2, 0.25) is 0 Å². The van der Waals surface area contributed by atoms with E-state index in [0.29, 0.717) is 12.2 Å². The average molecular weight is 425 g/mol. The number of piperidine rings is 1. The Morgan fingerprint density at radius 2 is 1.97 bits per heavy atom. The molecule has 5 nitrogen and oxygen atoms in total. The van der Waals surface area contributed by atoms with Gasteiger partial charge < -0.3 is 9.80 Å². The molecule has 7 heteroatoms. The maximum atomic E-state index is 14.5. The van der Waals surface area contributed by atoms with Crippen molar-refractivity contribution < 1.29 is 9.18 Å². The summed E-state index contributed by atoms with van der Waals surface area (Å²) in [5, 5.41) is 1.14. The van der Waals surface area contributed by atoms with Crippen LogP contribution in [0.3, 0.4) is 0 Å². The van der Waals surface area contributed by atoms with Crippen LogP contribution in [-0.4, -0.2) is 35.5 Å². The third kappa shape index (κ3) is 3.16. The Balaban J connectivity index is 1.35. The van der Waals surface area contributed by atoms with Crippen LogP contribution in [0.15, 0.2) is 24.5 Å². The van der Waals surface area contributed by atoms with Gasteiger partial charge in [-0.25, -0.2) is 14.4 Å². The van der Waals surface area contributed by atoms with Gasteiger partial charge in [-0.05, 0) is 56.7 Å². The molecule has 30 heavy (non-hydrogen) atoms. The van der Waals surface area contributed by atoms with Gasteiger partial charge in [-0.15, -0.1) is 11.3 Å². The minimum atomic E-state index is -0.287. The Morgan fingerprint density at radius 3 is 2.77 bits per heavy atom. The minimum Gasteiger partial charge on any atom is -0.356 e. The number of thiophene rings is 1. The van der Waals surface area contributed by atoms with Gasteiger partial charge in [-0.3, -0.25) is 4.79 Å². The molecule has 0 N–H and O–H groups in total. The van der Waals surface area contributed by atoms with Crippen molar-refractivity contribution in [3.05, 3.63) is 46.3 Å². The summed E-state index contributed by atoms with van der Waals surface area (Å²) in [6.07, 6.45) is 4.87. The van der Waals surface area contributed by atoms with Crippen molar-refractivity contribution in [1.82, 2.24) is 9.97 Å². The molecule has 0 bridgehead atoms. The van der Waals surface area contributed by atoms with E-state index in [1.807, 2.05) is 6.07 Å². The number of carbonyl (C=O) groups is 1. The zero-order valence-corrected chi connectivity index (χ0v) is 18.1. The van der Waals surface area contributed by atoms with Crippen LogP contribution < -0.4 is 9.80 Å². The van der Waals surface area contributed by atoms with Gasteiger partial charge in [0, 0.05) is 30.4 Å². The highest BCUT2D eigenvalue weighted by Crippen LogP contribution is 2.37. The lowest BCUT2D eigenvalue weighted by Gasteiger charge is -2.37. The van der Waals surface area contributed by atoms with E-state index < -0.39 is 0 Å². The van der Waals surface area contributed by atoms with E-state index in [1.165, 1.54) is 16.5 Å². The van der Waals surface area contributed by atoms with E-state index in [2.05, 4.69) is 28.7 Å². The fourth-order valence-electron chi connectivity index (χ4n) is 4.79. The smallest absolute Gasteiger partial charge is 0.230 e. The van der Waals surface area contributed by atoms with Crippen LogP contribution in [0, 0.1) is 25.6 Å². The number of nitrogens with zero attached hydrogens (tertiary/aromatic N) is 4. The molecule has 1 aromatic carbocycles. The molecule has 0 saturated carbocycles. The number of hydrogen-bond donors (Lipinski definition) is 0. The Morgan fingerprint density at radius 1 is 1.17 bits per heavy atom. The highest BCUT2D eigenvalue weighted by atomic mass is 32.1. The number of amides is 1. The van der Waals surface area contributed by atoms with Crippen molar-refractivity contribution in [2.45, 2.75) is 39.5 Å². The van der Waals surface area contributed by atoms with Crippen molar-refractivity contribution >= 4 is 39.0 Å². The maximum absolute atomic E-state index is 14.5. The van der Waals surface area contributed by atoms with E-state index in [1.54, 1.807) is 28.6 Å². The largest absolute Gasteiger partial charge is 0.356 e. The molecule has 0 spiro atoms. The molecule has 4 heterocycles. The number of halogens is 1. The molecular weight excluding hydrogens is 399 g/mol. The van der Waals surface area contributed by atoms with Crippen molar-refractivity contribution in [3.8, 4) is 0 Å². The van der Waals surface area contributed by atoms with Crippen LogP contribution in [-0.2, 0) is 11.2 Å². The quantitative estimate of drug-likeness (QED) is 0.601. The van der Waals surface area contributed by atoms with Crippen molar-refractivity contribution in [2.75, 3.05) is 29.4 Å². The molecule has 2 aliphatic heterocycles. The molecule has 2 aromatic heterocycles. The van der Waals surface area contributed by atoms with Crippen LogP contribution in [0.4, 0.5) is 15.9 Å². The molecule has 0 radical (unpaired) electrons. The Hall–Kier alpha value is -2.54. The molecule has 1 saturated heterocycles. The van der Waals surface area contributed by atoms with Crippen LogP contribution in [0.5, 0.6) is 0 Å². The van der Waals surface area contributed by atoms with Gasteiger partial charge in [-0.1, -0.05) is 12.1 Å². The second-order valence-electron chi connectivity index (χ2n) is 8.26. The van der Waals surface area contributed by atoms with Crippen LogP contribution in [0.1, 0.15) is 35.3 Å². The summed E-state index contributed by atoms with van der Waals surface area (Å²) >= 11 is 1.70. The molecule has 0 unspecified atom stereocenters. The molecule has 156 valence electrons. The Bertz CT molecular complexity index is 1120. The summed E-state index contributed by atoms with van der Waals surface area (Å²) in [6.45, 7) is 6.39. The van der Waals surface area contributed by atoms with Crippen molar-refractivity contribution in [3.63, 3.8) is 0 Å². The fraction of sp³-hybridized carbons (Fsp3) is 0.435. The average Bonchev–Trinajstić information content (AvgIpc) is 3.07. The highest BCUT2D eigenvalue weighted by Gasteiger charge is 2.33. The number of carbonyl (C=O) groups excluding carboxylic acids is 1. The standard InChI is InChI=1S/C23H25FN4OS/c1-14-15(2)30-22-19(14)21(25-13-26-22)27-11-8-17(9-12-27)23(29)28-10-4-6-16-5-3-7-18(24)20(16)28/h3,5,7,13,17H,4,6,8-12H2,1-2H3. The van der Waals surface area contributed by atoms with Gasteiger partial charge in [-0.2, -0.15) is 0 Å². The topological polar surface area (TPSA) is 49.3 Å². The predicted molar refractivity (Wildman–Crippen MR) is 119 cm³/mol. The first kappa shape index (κ1) is 19.4. The van der Waals surface area contributed by atoms with Crippen molar-refractivity contribution in [2.24, 2.45) is 5.92 Å². The number of hydrogen-bond acceptors (Lipinski definition) is 5. The number of anilines is 2. The molecule has 0 atom stereocenters. The number of aromatic nitrogens is 2. The SMILES string of the molecule is Cc1sc2ncnc(N3CCC(C(=O)N4CCCc5cccc(F)c54)CC3)c2c1C. The van der Waals surface area contributed by atoms with E-state index in [4.69, 9.17) is 0 Å². The predicted octanol–water partition coefficient (Wildman–Crippen LogP) is 4.64. The zero-order chi connectivity index (χ0) is 20.8. The highest BCUT2D eigenvalue weighted by molar-refractivity contribution is 7.18. The summed E-state index contributed by atoms with van der Waals surface area (Å²) in [7, 11) is 0. The number of fused-ring (bicyclic) bond motifs is 2. The summed E-state index contributed by atoms with van der Waals surface area (Å²) in [5.41, 5.74) is 2.68. The summed E-state index contributed by atoms with van der Waals surface area (Å²) in [4.78, 5) is 28.6. The van der Waals surface area contributed by atoms with Gasteiger partial charge in [0.25, 0.3) is 0 Å². The minimum absolute atomic E-state index is 0.0658. The van der Waals surface area contributed by atoms with Gasteiger partial charge in [0.1, 0.15) is 22.8 Å². The lowest BCUT2D eigenvalue weighted by molar-refractivity contribution is -0.123. The maximum Gasteiger partial charge on any atom is 0.230 e.